The van der Waals surface area contributed by atoms with Gasteiger partial charge in [-0.25, -0.2) is 0 Å². The number of rotatable bonds is 8. The molecule has 1 saturated heterocycles. The van der Waals surface area contributed by atoms with Crippen LogP contribution in [0.4, 0.5) is 11.4 Å². The van der Waals surface area contributed by atoms with E-state index in [4.69, 9.17) is 9.47 Å². The molecule has 0 aliphatic carbocycles. The second-order valence-electron chi connectivity index (χ2n) is 9.29. The number of fused-ring (bicyclic) bond motifs is 1. The number of nitrogens with zero attached hydrogens (tertiary/aromatic N) is 1. The Balaban J connectivity index is 1.16. The standard InChI is InChI=1S/C31H27BrN2O5/c1-2-20-16-23(32)10-15-27(20)33-29(35)19-38-31(37)22-17-30(36)34(18-22)24-11-13-25(14-12-24)39-28-9-5-7-21-6-3-4-8-26(21)28/h3-16,22H,2,17-19H2,1H3,(H,33,35)/t22-/m1/s1. The molecule has 0 aromatic heterocycles. The first-order chi connectivity index (χ1) is 18.9. The van der Waals surface area contributed by atoms with E-state index in [1.807, 2.05) is 61.5 Å². The van der Waals surface area contributed by atoms with E-state index in [-0.39, 0.29) is 18.9 Å². The molecule has 0 radical (unpaired) electrons. The van der Waals surface area contributed by atoms with Gasteiger partial charge >= 0.3 is 5.97 Å². The minimum atomic E-state index is -0.643. The predicted molar refractivity (Wildman–Crippen MR) is 154 cm³/mol. The Hall–Kier alpha value is -4.17. The Kier molecular flexibility index (Phi) is 7.93. The Bertz CT molecular complexity index is 1530. The first kappa shape index (κ1) is 26.4. The maximum atomic E-state index is 12.7. The number of halogens is 1. The smallest absolute Gasteiger partial charge is 0.311 e. The van der Waals surface area contributed by atoms with Gasteiger partial charge in [-0.05, 0) is 65.9 Å². The van der Waals surface area contributed by atoms with Gasteiger partial charge in [0.05, 0.1) is 5.92 Å². The van der Waals surface area contributed by atoms with Crippen LogP contribution in [0.1, 0.15) is 18.9 Å². The number of nitrogens with one attached hydrogen (secondary N) is 1. The summed E-state index contributed by atoms with van der Waals surface area (Å²) in [6, 6.07) is 26.6. The van der Waals surface area contributed by atoms with Gasteiger partial charge in [-0.15, -0.1) is 0 Å². The fraction of sp³-hybridized carbons (Fsp3) is 0.194. The molecule has 198 valence electrons. The summed E-state index contributed by atoms with van der Waals surface area (Å²) < 4.78 is 12.3. The van der Waals surface area contributed by atoms with Gasteiger partial charge in [0.1, 0.15) is 11.5 Å². The quantitative estimate of drug-likeness (QED) is 0.238. The van der Waals surface area contributed by atoms with Crippen LogP contribution in [0.3, 0.4) is 0 Å². The van der Waals surface area contributed by atoms with Crippen molar-refractivity contribution >= 4 is 55.9 Å². The minimum Gasteiger partial charge on any atom is -0.457 e. The van der Waals surface area contributed by atoms with Crippen molar-refractivity contribution in [3.63, 3.8) is 0 Å². The van der Waals surface area contributed by atoms with Gasteiger partial charge in [-0.1, -0.05) is 59.3 Å². The molecule has 2 amide bonds. The van der Waals surface area contributed by atoms with Crippen molar-refractivity contribution in [3.05, 3.63) is 95.0 Å². The van der Waals surface area contributed by atoms with Gasteiger partial charge in [0.25, 0.3) is 5.91 Å². The maximum Gasteiger partial charge on any atom is 0.311 e. The molecule has 1 N–H and O–H groups in total. The Labute approximate surface area is 234 Å². The highest BCUT2D eigenvalue weighted by Crippen LogP contribution is 2.32. The van der Waals surface area contributed by atoms with Crippen LogP contribution < -0.4 is 15.0 Å². The summed E-state index contributed by atoms with van der Waals surface area (Å²) >= 11 is 3.42. The van der Waals surface area contributed by atoms with E-state index >= 15 is 0 Å². The van der Waals surface area contributed by atoms with Crippen LogP contribution in [0, 0.1) is 5.92 Å². The lowest BCUT2D eigenvalue weighted by atomic mass is 10.1. The van der Waals surface area contributed by atoms with E-state index in [0.717, 1.165) is 33.0 Å². The lowest BCUT2D eigenvalue weighted by molar-refractivity contribution is -0.151. The second-order valence-corrected chi connectivity index (χ2v) is 10.2. The SMILES string of the molecule is CCc1cc(Br)ccc1NC(=O)COC(=O)[C@@H]1CC(=O)N(c2ccc(Oc3cccc4ccccc34)cc2)C1. The summed E-state index contributed by atoms with van der Waals surface area (Å²) in [6.45, 7) is 1.77. The molecule has 1 atom stereocenters. The molecule has 1 heterocycles. The zero-order chi connectivity index (χ0) is 27.4. The van der Waals surface area contributed by atoms with Crippen LogP contribution in [0.25, 0.3) is 10.8 Å². The fourth-order valence-corrected chi connectivity index (χ4v) is 5.05. The van der Waals surface area contributed by atoms with E-state index in [1.165, 1.54) is 0 Å². The van der Waals surface area contributed by atoms with E-state index < -0.39 is 24.4 Å². The molecule has 0 bridgehead atoms. The number of aryl methyl sites for hydroxylation is 1. The van der Waals surface area contributed by atoms with Crippen molar-refractivity contribution in [2.45, 2.75) is 19.8 Å². The number of hydrogen-bond donors (Lipinski definition) is 1. The normalized spacial score (nSPS) is 14.9. The maximum absolute atomic E-state index is 12.7. The van der Waals surface area contributed by atoms with E-state index in [2.05, 4.69) is 21.2 Å². The lowest BCUT2D eigenvalue weighted by Crippen LogP contribution is -2.28. The second kappa shape index (κ2) is 11.7. The van der Waals surface area contributed by atoms with E-state index in [1.54, 1.807) is 35.2 Å². The minimum absolute atomic E-state index is 0.0292. The number of anilines is 2. The highest BCUT2D eigenvalue weighted by Gasteiger charge is 2.36. The summed E-state index contributed by atoms with van der Waals surface area (Å²) in [5, 5.41) is 4.88. The number of benzene rings is 4. The number of esters is 1. The first-order valence-electron chi connectivity index (χ1n) is 12.7. The van der Waals surface area contributed by atoms with Crippen LogP contribution in [0.2, 0.25) is 0 Å². The molecule has 0 unspecified atom stereocenters. The van der Waals surface area contributed by atoms with Crippen LogP contribution in [-0.4, -0.2) is 30.9 Å². The van der Waals surface area contributed by atoms with Crippen molar-refractivity contribution in [2.24, 2.45) is 5.92 Å². The molecule has 5 rings (SSSR count). The average molecular weight is 587 g/mol. The van der Waals surface area contributed by atoms with E-state index in [9.17, 15) is 14.4 Å². The number of carbonyl (C=O) groups is 3. The number of ether oxygens (including phenoxy) is 2. The van der Waals surface area contributed by atoms with Crippen molar-refractivity contribution < 1.29 is 23.9 Å². The molecule has 7 nitrogen and oxygen atoms in total. The molecular weight excluding hydrogens is 560 g/mol. The molecule has 0 spiro atoms. The molecule has 1 fully saturated rings. The molecule has 0 saturated carbocycles. The van der Waals surface area contributed by atoms with Crippen LogP contribution in [0.15, 0.2) is 89.4 Å². The molecule has 8 heteroatoms. The van der Waals surface area contributed by atoms with Gasteiger partial charge in [0.2, 0.25) is 5.91 Å². The van der Waals surface area contributed by atoms with Crippen molar-refractivity contribution in [1.82, 2.24) is 0 Å². The van der Waals surface area contributed by atoms with Gasteiger partial charge < -0.3 is 19.7 Å². The predicted octanol–water partition coefficient (Wildman–Crippen LogP) is 6.49. The monoisotopic (exact) mass is 586 g/mol. The third-order valence-electron chi connectivity index (χ3n) is 6.65. The van der Waals surface area contributed by atoms with Crippen molar-refractivity contribution in [2.75, 3.05) is 23.4 Å². The summed E-state index contributed by atoms with van der Waals surface area (Å²) in [6.07, 6.45) is 0.770. The first-order valence-corrected chi connectivity index (χ1v) is 13.5. The highest BCUT2D eigenvalue weighted by atomic mass is 79.9. The molecular formula is C31H27BrN2O5. The third kappa shape index (κ3) is 6.12. The van der Waals surface area contributed by atoms with Gasteiger partial charge in [0, 0.05) is 34.2 Å². The number of hydrogen-bond acceptors (Lipinski definition) is 5. The Morgan fingerprint density at radius 2 is 1.77 bits per heavy atom. The molecule has 4 aromatic rings. The molecule has 1 aliphatic heterocycles. The number of carbonyl (C=O) groups excluding carboxylic acids is 3. The van der Waals surface area contributed by atoms with Crippen molar-refractivity contribution in [3.8, 4) is 11.5 Å². The lowest BCUT2D eigenvalue weighted by Gasteiger charge is -2.17. The fourth-order valence-electron chi connectivity index (χ4n) is 4.64. The van der Waals surface area contributed by atoms with Crippen molar-refractivity contribution in [1.29, 1.82) is 0 Å². The zero-order valence-corrected chi connectivity index (χ0v) is 22.9. The molecule has 4 aromatic carbocycles. The van der Waals surface area contributed by atoms with Crippen LogP contribution in [-0.2, 0) is 25.5 Å². The third-order valence-corrected chi connectivity index (χ3v) is 7.15. The van der Waals surface area contributed by atoms with Crippen LogP contribution in [0.5, 0.6) is 11.5 Å². The van der Waals surface area contributed by atoms with Gasteiger partial charge in [0.15, 0.2) is 6.61 Å². The van der Waals surface area contributed by atoms with Gasteiger partial charge in [-0.2, -0.15) is 0 Å². The molecule has 1 aliphatic rings. The largest absolute Gasteiger partial charge is 0.457 e. The molecule has 39 heavy (non-hydrogen) atoms. The Morgan fingerprint density at radius 1 is 1.00 bits per heavy atom. The summed E-state index contributed by atoms with van der Waals surface area (Å²) in [5.74, 6) is -0.425. The average Bonchev–Trinajstić information content (AvgIpc) is 3.35. The Morgan fingerprint density at radius 3 is 2.56 bits per heavy atom. The zero-order valence-electron chi connectivity index (χ0n) is 21.4. The topological polar surface area (TPSA) is 84.9 Å². The van der Waals surface area contributed by atoms with Gasteiger partial charge in [-0.3, -0.25) is 14.4 Å². The highest BCUT2D eigenvalue weighted by molar-refractivity contribution is 9.10. The van der Waals surface area contributed by atoms with Crippen LogP contribution >= 0.6 is 15.9 Å². The number of amides is 2. The van der Waals surface area contributed by atoms with E-state index in [0.29, 0.717) is 17.1 Å². The summed E-state index contributed by atoms with van der Waals surface area (Å²) in [5.41, 5.74) is 2.31. The summed E-state index contributed by atoms with van der Waals surface area (Å²) in [7, 11) is 0. The summed E-state index contributed by atoms with van der Waals surface area (Å²) in [4.78, 5) is 39.3.